The number of rotatable bonds is 4. The molecule has 0 atom stereocenters. The fourth-order valence-electron chi connectivity index (χ4n) is 3.57. The van der Waals surface area contributed by atoms with Crippen molar-refractivity contribution in [2.45, 2.75) is 12.8 Å². The molecule has 0 radical (unpaired) electrons. The second kappa shape index (κ2) is 7.47. The van der Waals surface area contributed by atoms with Crippen molar-refractivity contribution in [2.24, 2.45) is 0 Å². The van der Waals surface area contributed by atoms with Crippen LogP contribution < -0.4 is 5.32 Å². The van der Waals surface area contributed by atoms with Gasteiger partial charge in [-0.25, -0.2) is 0 Å². The maximum Gasteiger partial charge on any atom is 0.232 e. The van der Waals surface area contributed by atoms with E-state index in [0.717, 1.165) is 69.0 Å². The summed E-state index contributed by atoms with van der Waals surface area (Å²) in [6.45, 7) is 5.97. The van der Waals surface area contributed by atoms with Gasteiger partial charge >= 0.3 is 0 Å². The highest BCUT2D eigenvalue weighted by Gasteiger charge is 2.19. The normalized spacial score (nSPS) is 19.1. The molecule has 2 aliphatic rings. The largest absolute Gasteiger partial charge is 0.379 e. The van der Waals surface area contributed by atoms with Gasteiger partial charge in [0.25, 0.3) is 0 Å². The molecule has 6 heteroatoms. The summed E-state index contributed by atoms with van der Waals surface area (Å²) in [5.74, 6) is 0.130. The Hall–Kier alpha value is -2.02. The molecule has 0 saturated carbocycles. The number of carbonyl (C=O) groups excluding carboxylic acids is 1. The van der Waals surface area contributed by atoms with Gasteiger partial charge in [0.15, 0.2) is 0 Å². The van der Waals surface area contributed by atoms with Crippen molar-refractivity contribution in [1.82, 2.24) is 19.8 Å². The van der Waals surface area contributed by atoms with E-state index in [9.17, 15) is 4.79 Å². The number of carbonyl (C=O) groups is 1. The summed E-state index contributed by atoms with van der Waals surface area (Å²) < 4.78 is 7.16. The lowest BCUT2D eigenvalue weighted by Gasteiger charge is -2.26. The third-order valence-corrected chi connectivity index (χ3v) is 4.98. The quantitative estimate of drug-likeness (QED) is 0.919. The fourth-order valence-corrected chi connectivity index (χ4v) is 3.57. The zero-order chi connectivity index (χ0) is 17.1. The molecule has 0 aromatic carbocycles. The second-order valence-corrected chi connectivity index (χ2v) is 6.57. The van der Waals surface area contributed by atoms with Gasteiger partial charge in [-0.1, -0.05) is 6.08 Å². The van der Waals surface area contributed by atoms with Crippen LogP contribution in [0.4, 0.5) is 0 Å². The van der Waals surface area contributed by atoms with Crippen LogP contribution in [0.25, 0.3) is 16.6 Å². The number of hydrogen-bond donors (Lipinski definition) is 1. The predicted molar refractivity (Wildman–Crippen MR) is 97.7 cm³/mol. The maximum absolute atomic E-state index is 12.8. The van der Waals surface area contributed by atoms with E-state index in [1.165, 1.54) is 5.57 Å². The standard InChI is InChI=1S/C19H24N4O2/c24-18(5-9-22-10-12-25-13-11-22)23-14-16(15-3-7-20-8-4-15)19-17(23)2-1-6-21-19/h1-3,6,14,20H,4-5,7-13H2. The number of ether oxygens (including phenoxy) is 1. The monoisotopic (exact) mass is 340 g/mol. The Balaban J connectivity index is 1.58. The van der Waals surface area contributed by atoms with E-state index >= 15 is 0 Å². The predicted octanol–water partition coefficient (Wildman–Crippen LogP) is 1.78. The van der Waals surface area contributed by atoms with Gasteiger partial charge in [0.05, 0.1) is 24.2 Å². The minimum absolute atomic E-state index is 0.130. The highest BCUT2D eigenvalue weighted by atomic mass is 16.5. The number of nitrogens with one attached hydrogen (secondary N) is 1. The Morgan fingerprint density at radius 3 is 3.00 bits per heavy atom. The van der Waals surface area contributed by atoms with Crippen LogP contribution in [-0.2, 0) is 4.74 Å². The Labute approximate surface area is 147 Å². The van der Waals surface area contributed by atoms with Gasteiger partial charge in [-0.2, -0.15) is 0 Å². The van der Waals surface area contributed by atoms with Crippen molar-refractivity contribution >= 4 is 22.5 Å². The van der Waals surface area contributed by atoms with Gasteiger partial charge in [-0.15, -0.1) is 0 Å². The van der Waals surface area contributed by atoms with Gasteiger partial charge in [0, 0.05) is 50.6 Å². The molecular formula is C19H24N4O2. The summed E-state index contributed by atoms with van der Waals surface area (Å²) in [6, 6.07) is 3.88. The van der Waals surface area contributed by atoms with Crippen LogP contribution in [0.15, 0.2) is 30.6 Å². The minimum Gasteiger partial charge on any atom is -0.379 e. The number of aromatic nitrogens is 2. The molecule has 0 spiro atoms. The van der Waals surface area contributed by atoms with Crippen LogP contribution in [0.2, 0.25) is 0 Å². The van der Waals surface area contributed by atoms with E-state index in [1.807, 2.05) is 18.3 Å². The van der Waals surface area contributed by atoms with Gasteiger partial charge in [-0.3, -0.25) is 19.2 Å². The van der Waals surface area contributed by atoms with Crippen molar-refractivity contribution in [1.29, 1.82) is 0 Å². The van der Waals surface area contributed by atoms with E-state index in [-0.39, 0.29) is 5.91 Å². The molecule has 0 unspecified atom stereocenters. The Bertz CT molecular complexity index is 790. The highest BCUT2D eigenvalue weighted by molar-refractivity contribution is 5.97. The van der Waals surface area contributed by atoms with Crippen molar-refractivity contribution in [2.75, 3.05) is 45.9 Å². The van der Waals surface area contributed by atoms with Crippen LogP contribution in [0.1, 0.15) is 23.2 Å². The summed E-state index contributed by atoms with van der Waals surface area (Å²) in [5, 5.41) is 3.33. The molecule has 25 heavy (non-hydrogen) atoms. The molecule has 2 aromatic rings. The summed E-state index contributed by atoms with van der Waals surface area (Å²) in [7, 11) is 0. The topological polar surface area (TPSA) is 59.4 Å². The van der Waals surface area contributed by atoms with Gasteiger partial charge in [-0.05, 0) is 30.7 Å². The average molecular weight is 340 g/mol. The number of nitrogens with zero attached hydrogens (tertiary/aromatic N) is 3. The fraction of sp³-hybridized carbons (Fsp3) is 0.474. The first-order chi connectivity index (χ1) is 12.3. The smallest absolute Gasteiger partial charge is 0.232 e. The lowest BCUT2D eigenvalue weighted by Crippen LogP contribution is -2.37. The van der Waals surface area contributed by atoms with Crippen molar-refractivity contribution in [3.8, 4) is 0 Å². The second-order valence-electron chi connectivity index (χ2n) is 6.57. The van der Waals surface area contributed by atoms with Crippen molar-refractivity contribution < 1.29 is 9.53 Å². The summed E-state index contributed by atoms with van der Waals surface area (Å²) in [6.07, 6.45) is 7.47. The Morgan fingerprint density at radius 2 is 2.20 bits per heavy atom. The molecule has 6 nitrogen and oxygen atoms in total. The Morgan fingerprint density at radius 1 is 1.32 bits per heavy atom. The highest BCUT2D eigenvalue weighted by Crippen LogP contribution is 2.28. The van der Waals surface area contributed by atoms with Crippen LogP contribution in [0.3, 0.4) is 0 Å². The minimum atomic E-state index is 0.130. The first kappa shape index (κ1) is 16.4. The number of fused-ring (bicyclic) bond motifs is 1. The zero-order valence-corrected chi connectivity index (χ0v) is 14.4. The Kier molecular flexibility index (Phi) is 4.92. The van der Waals surface area contributed by atoms with Crippen molar-refractivity contribution in [3.05, 3.63) is 36.2 Å². The molecule has 0 amide bonds. The lowest BCUT2D eigenvalue weighted by molar-refractivity contribution is 0.0364. The van der Waals surface area contributed by atoms with E-state index in [1.54, 1.807) is 10.8 Å². The summed E-state index contributed by atoms with van der Waals surface area (Å²) in [5.41, 5.74) is 4.21. The molecular weight excluding hydrogens is 316 g/mol. The van der Waals surface area contributed by atoms with E-state index in [2.05, 4.69) is 21.3 Å². The maximum atomic E-state index is 12.8. The lowest BCUT2D eigenvalue weighted by atomic mass is 10.0. The third-order valence-electron chi connectivity index (χ3n) is 4.98. The SMILES string of the molecule is O=C(CCN1CCOCC1)n1cc(C2=CCNCC2)c2ncccc21. The molecule has 1 fully saturated rings. The number of pyridine rings is 1. The third kappa shape index (κ3) is 3.51. The van der Waals surface area contributed by atoms with Gasteiger partial charge in [0.2, 0.25) is 5.91 Å². The molecule has 1 saturated heterocycles. The summed E-state index contributed by atoms with van der Waals surface area (Å²) in [4.78, 5) is 19.7. The zero-order valence-electron chi connectivity index (χ0n) is 14.4. The number of morpholine rings is 1. The van der Waals surface area contributed by atoms with Crippen LogP contribution >= 0.6 is 0 Å². The van der Waals surface area contributed by atoms with E-state index in [4.69, 9.17) is 4.74 Å². The molecule has 0 bridgehead atoms. The van der Waals surface area contributed by atoms with Gasteiger partial charge in [0.1, 0.15) is 0 Å². The molecule has 2 aromatic heterocycles. The van der Waals surface area contributed by atoms with Crippen molar-refractivity contribution in [3.63, 3.8) is 0 Å². The van der Waals surface area contributed by atoms with Crippen LogP contribution in [-0.4, -0.2) is 66.3 Å². The molecule has 132 valence electrons. The first-order valence-electron chi connectivity index (χ1n) is 9.02. The first-order valence-corrected chi connectivity index (χ1v) is 9.02. The van der Waals surface area contributed by atoms with Crippen LogP contribution in [0.5, 0.6) is 0 Å². The average Bonchev–Trinajstić information content (AvgIpc) is 3.07. The van der Waals surface area contributed by atoms with Gasteiger partial charge < -0.3 is 10.1 Å². The molecule has 4 rings (SSSR count). The summed E-state index contributed by atoms with van der Waals surface area (Å²) >= 11 is 0. The van der Waals surface area contributed by atoms with E-state index < -0.39 is 0 Å². The van der Waals surface area contributed by atoms with Crippen LogP contribution in [0, 0.1) is 0 Å². The molecule has 4 heterocycles. The van der Waals surface area contributed by atoms with E-state index in [0.29, 0.717) is 6.42 Å². The number of hydrogen-bond acceptors (Lipinski definition) is 5. The molecule has 0 aliphatic carbocycles. The molecule has 1 N–H and O–H groups in total. The molecule has 2 aliphatic heterocycles.